The highest BCUT2D eigenvalue weighted by molar-refractivity contribution is 7.86. The summed E-state index contributed by atoms with van der Waals surface area (Å²) < 4.78 is 117. The van der Waals surface area contributed by atoms with Crippen LogP contribution in [-0.2, 0) is 25.0 Å². The van der Waals surface area contributed by atoms with Gasteiger partial charge in [0.1, 0.15) is 12.4 Å². The maximum atomic E-state index is 13.4. The lowest BCUT2D eigenvalue weighted by molar-refractivity contribution is -0.170. The van der Waals surface area contributed by atoms with Gasteiger partial charge in [0.2, 0.25) is 0 Å². The number of carbonyl (C=O) groups is 1. The van der Waals surface area contributed by atoms with Gasteiger partial charge in [-0.1, -0.05) is 23.3 Å². The summed E-state index contributed by atoms with van der Waals surface area (Å²) in [5.74, 6) is -2.79. The van der Waals surface area contributed by atoms with Gasteiger partial charge >= 0.3 is 32.3 Å². The second-order valence-electron chi connectivity index (χ2n) is 11.3. The van der Waals surface area contributed by atoms with Crippen LogP contribution in [0.25, 0.3) is 22.4 Å². The van der Waals surface area contributed by atoms with Crippen LogP contribution in [0.4, 0.5) is 18.9 Å². The van der Waals surface area contributed by atoms with Crippen LogP contribution in [0.1, 0.15) is 27.7 Å². The van der Waals surface area contributed by atoms with Crippen molar-refractivity contribution < 1.29 is 57.4 Å². The fraction of sp³-hybridized carbons (Fsp3) is 0.333. The van der Waals surface area contributed by atoms with Gasteiger partial charge in [-0.05, 0) is 69.7 Å². The largest absolute Gasteiger partial charge is 0.496 e. The Morgan fingerprint density at radius 2 is 1.46 bits per heavy atom. The number of aromatic nitrogens is 1. The molecule has 0 fully saturated rings. The average molecular weight is 743 g/mol. The van der Waals surface area contributed by atoms with Crippen LogP contribution in [0.2, 0.25) is 0 Å². The quantitative estimate of drug-likeness (QED) is 0.135. The number of hydrogen-bond donors (Lipinski definition) is 0. The van der Waals surface area contributed by atoms with E-state index in [1.165, 1.54) is 56.7 Å². The predicted molar refractivity (Wildman–Crippen MR) is 182 cm³/mol. The highest BCUT2D eigenvalue weighted by Gasteiger charge is 2.43. The van der Waals surface area contributed by atoms with Crippen molar-refractivity contribution in [1.82, 2.24) is 4.98 Å². The molecule has 0 spiro atoms. The first-order valence-corrected chi connectivity index (χ1v) is 18.3. The smallest absolute Gasteiger partial charge is 0.471 e. The summed E-state index contributed by atoms with van der Waals surface area (Å²) >= 11 is 0. The Labute approximate surface area is 289 Å². The first kappa shape index (κ1) is 39.7. The van der Waals surface area contributed by atoms with E-state index in [-0.39, 0.29) is 70.0 Å². The highest BCUT2D eigenvalue weighted by atomic mass is 32.2. The molecule has 0 aliphatic rings. The number of hydrogen-bond acceptors (Lipinski definition) is 11. The molecule has 0 saturated carbocycles. The minimum atomic E-state index is -5.15. The van der Waals surface area contributed by atoms with Crippen molar-refractivity contribution in [2.45, 2.75) is 33.9 Å². The van der Waals surface area contributed by atoms with E-state index in [4.69, 9.17) is 22.6 Å². The number of pyridine rings is 1. The van der Waals surface area contributed by atoms with Crippen LogP contribution >= 0.6 is 0 Å². The van der Waals surface area contributed by atoms with Crippen molar-refractivity contribution in [1.29, 1.82) is 0 Å². The Balaban J connectivity index is 2.29. The monoisotopic (exact) mass is 742 g/mol. The van der Waals surface area contributed by atoms with Gasteiger partial charge in [0, 0.05) is 12.1 Å². The summed E-state index contributed by atoms with van der Waals surface area (Å²) in [6.07, 6.45) is 0.747. The summed E-state index contributed by atoms with van der Waals surface area (Å²) in [7, 11) is -5.81. The number of benzene rings is 2. The molecule has 0 aliphatic heterocycles. The van der Waals surface area contributed by atoms with E-state index in [9.17, 15) is 34.8 Å². The summed E-state index contributed by atoms with van der Waals surface area (Å²) in [4.78, 5) is 17.0. The third-order valence-corrected chi connectivity index (χ3v) is 7.52. The number of carbonyl (C=O) groups excluding carboxylic acids is 1. The standard InChI is InChI=1S/C33H37F3N2O10S2/c1-20(2)13-15-38(32(39)33(34,35)36)23-10-11-25(37-19-23)24-18-28(44-5)29(31(30(24)45-6)48-50(8,42)43)22-9-12-26(46-16-14-21(3)4)27(17-22)47-49(7,40)41/h9-14,17-19H,15-16H2,1-8H3. The van der Waals surface area contributed by atoms with Crippen molar-refractivity contribution in [3.05, 3.63) is 65.9 Å². The second kappa shape index (κ2) is 15.8. The van der Waals surface area contributed by atoms with Crippen LogP contribution in [0, 0.1) is 0 Å². The predicted octanol–water partition coefficient (Wildman–Crippen LogP) is 6.32. The molecule has 0 radical (unpaired) electrons. The normalized spacial score (nSPS) is 11.7. The molecule has 0 aliphatic carbocycles. The van der Waals surface area contributed by atoms with E-state index < -0.39 is 32.3 Å². The molecule has 0 unspecified atom stereocenters. The van der Waals surface area contributed by atoms with E-state index >= 15 is 0 Å². The first-order valence-electron chi connectivity index (χ1n) is 14.6. The molecule has 0 saturated heterocycles. The number of ether oxygens (including phenoxy) is 3. The van der Waals surface area contributed by atoms with Gasteiger partial charge in [0.15, 0.2) is 23.0 Å². The SMILES string of the molecule is COc1cc(-c2ccc(N(CC=C(C)C)C(=O)C(F)(F)F)cn2)c(OC)c(OS(C)(=O)=O)c1-c1ccc(OCC=C(C)C)c(OS(C)(=O)=O)c1. The van der Waals surface area contributed by atoms with Gasteiger partial charge in [-0.15, -0.1) is 0 Å². The number of rotatable bonds is 14. The number of methoxy groups -OCH3 is 2. The van der Waals surface area contributed by atoms with Crippen molar-refractivity contribution in [2.75, 3.05) is 44.8 Å². The van der Waals surface area contributed by atoms with Crippen molar-refractivity contribution in [2.24, 2.45) is 0 Å². The molecular weight excluding hydrogens is 705 g/mol. The van der Waals surface area contributed by atoms with Gasteiger partial charge in [0.25, 0.3) is 0 Å². The number of nitrogens with zero attached hydrogens (tertiary/aromatic N) is 2. The zero-order valence-electron chi connectivity index (χ0n) is 28.5. The van der Waals surface area contributed by atoms with E-state index in [0.717, 1.165) is 24.3 Å². The Bertz CT molecular complexity index is 2000. The molecule has 0 bridgehead atoms. The molecule has 1 heterocycles. The Morgan fingerprint density at radius 1 is 0.820 bits per heavy atom. The topological polar surface area (TPSA) is 148 Å². The second-order valence-corrected chi connectivity index (χ2v) is 14.4. The third-order valence-electron chi connectivity index (χ3n) is 6.57. The molecule has 2 aromatic carbocycles. The summed E-state index contributed by atoms with van der Waals surface area (Å²) in [5, 5.41) is 0. The van der Waals surface area contributed by atoms with Crippen LogP contribution in [0.3, 0.4) is 0 Å². The molecule has 50 heavy (non-hydrogen) atoms. The zero-order valence-corrected chi connectivity index (χ0v) is 30.2. The fourth-order valence-electron chi connectivity index (χ4n) is 4.42. The lowest BCUT2D eigenvalue weighted by Crippen LogP contribution is -2.41. The van der Waals surface area contributed by atoms with Gasteiger partial charge < -0.3 is 22.6 Å². The molecule has 3 rings (SSSR count). The number of allylic oxidation sites excluding steroid dienone is 2. The van der Waals surface area contributed by atoms with Crippen molar-refractivity contribution >= 4 is 31.8 Å². The Kier molecular flexibility index (Phi) is 12.6. The van der Waals surface area contributed by atoms with Gasteiger partial charge in [0.05, 0.1) is 49.9 Å². The summed E-state index contributed by atoms with van der Waals surface area (Å²) in [5.41, 5.74) is 1.84. The molecule has 12 nitrogen and oxygen atoms in total. The molecule has 3 aromatic rings. The van der Waals surface area contributed by atoms with Crippen LogP contribution in [0.15, 0.2) is 65.9 Å². The highest BCUT2D eigenvalue weighted by Crippen LogP contribution is 2.51. The fourth-order valence-corrected chi connectivity index (χ4v) is 5.34. The number of halogens is 3. The Morgan fingerprint density at radius 3 is 1.96 bits per heavy atom. The van der Waals surface area contributed by atoms with Crippen LogP contribution in [0.5, 0.6) is 28.7 Å². The van der Waals surface area contributed by atoms with Crippen LogP contribution in [-0.4, -0.2) is 73.8 Å². The molecule has 1 amide bonds. The van der Waals surface area contributed by atoms with Gasteiger partial charge in [-0.2, -0.15) is 30.0 Å². The van der Waals surface area contributed by atoms with Crippen molar-refractivity contribution in [3.63, 3.8) is 0 Å². The third kappa shape index (κ3) is 10.6. The van der Waals surface area contributed by atoms with Crippen LogP contribution < -0.4 is 27.5 Å². The maximum Gasteiger partial charge on any atom is 0.471 e. The van der Waals surface area contributed by atoms with Crippen molar-refractivity contribution in [3.8, 4) is 51.1 Å². The minimum Gasteiger partial charge on any atom is -0.496 e. The van der Waals surface area contributed by atoms with Gasteiger partial charge in [-0.25, -0.2) is 0 Å². The number of amides is 1. The summed E-state index contributed by atoms with van der Waals surface area (Å²) in [6.45, 7) is 6.77. The molecular formula is C33H37F3N2O10S2. The molecule has 17 heteroatoms. The van der Waals surface area contributed by atoms with E-state index in [0.29, 0.717) is 10.5 Å². The minimum absolute atomic E-state index is 0.00581. The molecule has 1 aromatic heterocycles. The lowest BCUT2D eigenvalue weighted by atomic mass is 9.98. The molecule has 272 valence electrons. The molecule has 0 atom stereocenters. The maximum absolute atomic E-state index is 13.4. The average Bonchev–Trinajstić information content (AvgIpc) is 2.99. The summed E-state index contributed by atoms with van der Waals surface area (Å²) in [6, 6.07) is 8.17. The number of alkyl halides is 3. The van der Waals surface area contributed by atoms with E-state index in [1.54, 1.807) is 19.9 Å². The Hall–Kier alpha value is -4.77. The molecule has 0 N–H and O–H groups in total. The first-order chi connectivity index (χ1) is 23.1. The van der Waals surface area contributed by atoms with Gasteiger partial charge in [-0.3, -0.25) is 14.7 Å². The number of anilines is 1. The van der Waals surface area contributed by atoms with E-state index in [1.807, 2.05) is 13.8 Å². The zero-order chi connectivity index (χ0) is 37.6. The van der Waals surface area contributed by atoms with E-state index in [2.05, 4.69) is 4.98 Å². The lowest BCUT2D eigenvalue weighted by Gasteiger charge is -2.23.